The maximum Gasteiger partial charge on any atom is 0.416 e. The van der Waals surface area contributed by atoms with Crippen LogP contribution in [0.2, 0.25) is 0 Å². The Bertz CT molecular complexity index is 1050. The van der Waals surface area contributed by atoms with Crippen molar-refractivity contribution in [2.24, 2.45) is 0 Å². The van der Waals surface area contributed by atoms with Crippen molar-refractivity contribution in [3.8, 4) is 0 Å². The van der Waals surface area contributed by atoms with Crippen LogP contribution in [0.25, 0.3) is 0 Å². The van der Waals surface area contributed by atoms with Gasteiger partial charge in [0, 0.05) is 6.54 Å². The summed E-state index contributed by atoms with van der Waals surface area (Å²) in [5, 5.41) is 3.62. The van der Waals surface area contributed by atoms with Gasteiger partial charge in [0.15, 0.2) is 0 Å². The van der Waals surface area contributed by atoms with Crippen molar-refractivity contribution in [2.75, 3.05) is 6.54 Å². The minimum atomic E-state index is -4.72. The van der Waals surface area contributed by atoms with E-state index in [1.165, 1.54) is 29.2 Å². The zero-order valence-electron chi connectivity index (χ0n) is 15.9. The fraction of sp³-hybridized carbons (Fsp3) is 0.368. The van der Waals surface area contributed by atoms with Crippen molar-refractivity contribution in [1.82, 2.24) is 9.62 Å². The molecule has 2 amide bonds. The number of hydrogen-bond donors (Lipinski definition) is 1. The third kappa shape index (κ3) is 4.67. The monoisotopic (exact) mass is 460 g/mol. The maximum atomic E-state index is 13.1. The first kappa shape index (κ1) is 22.3. The number of amides is 2. The van der Waals surface area contributed by atoms with E-state index >= 15 is 0 Å². The van der Waals surface area contributed by atoms with E-state index in [1.54, 1.807) is 11.4 Å². The number of nitrogens with zero attached hydrogens (tertiary/aromatic N) is 1. The van der Waals surface area contributed by atoms with Gasteiger partial charge in [-0.05, 0) is 47.4 Å². The van der Waals surface area contributed by atoms with E-state index < -0.39 is 44.5 Å². The van der Waals surface area contributed by atoms with E-state index in [9.17, 15) is 31.2 Å². The lowest BCUT2D eigenvalue weighted by molar-refractivity contribution is -0.156. The number of carbonyl (C=O) groups excluding carboxylic acids is 2. The van der Waals surface area contributed by atoms with Gasteiger partial charge >= 0.3 is 6.18 Å². The summed E-state index contributed by atoms with van der Waals surface area (Å²) in [5.74, 6) is -2.26. The molecule has 1 aliphatic heterocycles. The van der Waals surface area contributed by atoms with Gasteiger partial charge in [-0.1, -0.05) is 18.2 Å². The SMILES string of the molecule is CC1(C(=O)NS(=O)(=O)Cc2ccccc2C(F)(F)F)CCN1C(=O)Cc1ccsc1. The van der Waals surface area contributed by atoms with Crippen LogP contribution >= 0.6 is 11.3 Å². The van der Waals surface area contributed by atoms with E-state index in [4.69, 9.17) is 0 Å². The van der Waals surface area contributed by atoms with Crippen LogP contribution in [0.1, 0.15) is 30.0 Å². The number of sulfonamides is 1. The second kappa shape index (κ2) is 8.03. The lowest BCUT2D eigenvalue weighted by atomic mass is 9.85. The Morgan fingerprint density at radius 1 is 1.23 bits per heavy atom. The summed E-state index contributed by atoms with van der Waals surface area (Å²) in [6.07, 6.45) is -4.39. The molecule has 1 unspecified atom stereocenters. The average Bonchev–Trinajstić information content (AvgIpc) is 3.11. The molecule has 6 nitrogen and oxygen atoms in total. The smallest absolute Gasteiger partial charge is 0.328 e. The van der Waals surface area contributed by atoms with Crippen molar-refractivity contribution < 1.29 is 31.2 Å². The van der Waals surface area contributed by atoms with E-state index in [2.05, 4.69) is 0 Å². The Morgan fingerprint density at radius 2 is 1.93 bits per heavy atom. The molecule has 2 heterocycles. The quantitative estimate of drug-likeness (QED) is 0.719. The van der Waals surface area contributed by atoms with Crippen LogP contribution in [-0.4, -0.2) is 37.2 Å². The predicted molar refractivity (Wildman–Crippen MR) is 105 cm³/mol. The Morgan fingerprint density at radius 3 is 2.50 bits per heavy atom. The Labute approximate surface area is 175 Å². The first-order valence-electron chi connectivity index (χ1n) is 8.94. The number of halogens is 3. The second-order valence-electron chi connectivity index (χ2n) is 7.22. The zero-order chi connectivity index (χ0) is 22.2. The third-order valence-electron chi connectivity index (χ3n) is 5.06. The summed E-state index contributed by atoms with van der Waals surface area (Å²) in [5.41, 5.74) is -2.13. The van der Waals surface area contributed by atoms with Crippen LogP contribution < -0.4 is 4.72 Å². The number of likely N-dealkylation sites (tertiary alicyclic amines) is 1. The molecule has 162 valence electrons. The van der Waals surface area contributed by atoms with Crippen molar-refractivity contribution in [3.05, 3.63) is 57.8 Å². The standard InChI is InChI=1S/C19H19F3N2O4S2/c1-18(7-8-24(18)16(25)10-13-6-9-29-11-13)17(26)23-30(27,28)12-14-4-2-3-5-15(14)19(20,21)22/h2-6,9,11H,7-8,10,12H2,1H3,(H,23,26). The predicted octanol–water partition coefficient (Wildman–Crippen LogP) is 2.95. The van der Waals surface area contributed by atoms with Gasteiger partial charge in [0.2, 0.25) is 15.9 Å². The van der Waals surface area contributed by atoms with E-state index in [0.717, 1.165) is 23.8 Å². The molecule has 0 spiro atoms. The Hall–Kier alpha value is -2.40. The molecule has 2 aromatic rings. The summed E-state index contributed by atoms with van der Waals surface area (Å²) in [7, 11) is -4.41. The third-order valence-corrected chi connectivity index (χ3v) is 6.98. The molecule has 1 aliphatic rings. The lowest BCUT2D eigenvalue weighted by Gasteiger charge is -2.48. The van der Waals surface area contributed by atoms with E-state index in [-0.39, 0.29) is 18.7 Å². The number of rotatable bonds is 6. The van der Waals surface area contributed by atoms with Gasteiger partial charge in [-0.25, -0.2) is 8.42 Å². The maximum absolute atomic E-state index is 13.1. The highest BCUT2D eigenvalue weighted by molar-refractivity contribution is 7.89. The first-order valence-corrected chi connectivity index (χ1v) is 11.5. The largest absolute Gasteiger partial charge is 0.416 e. The van der Waals surface area contributed by atoms with Gasteiger partial charge in [-0.2, -0.15) is 24.5 Å². The molecular formula is C19H19F3N2O4S2. The topological polar surface area (TPSA) is 83.6 Å². The van der Waals surface area contributed by atoms with Gasteiger partial charge < -0.3 is 4.90 Å². The Balaban J connectivity index is 1.71. The first-order chi connectivity index (χ1) is 13.9. The summed E-state index contributed by atoms with van der Waals surface area (Å²) < 4.78 is 66.0. The van der Waals surface area contributed by atoms with Crippen LogP contribution in [0, 0.1) is 0 Å². The summed E-state index contributed by atoms with van der Waals surface area (Å²) in [4.78, 5) is 26.4. The molecule has 1 N–H and O–H groups in total. The van der Waals surface area contributed by atoms with Gasteiger partial charge in [-0.3, -0.25) is 14.3 Å². The molecule has 3 rings (SSSR count). The van der Waals surface area contributed by atoms with Crippen molar-refractivity contribution in [1.29, 1.82) is 0 Å². The highest BCUT2D eigenvalue weighted by Gasteiger charge is 2.50. The molecule has 1 aromatic carbocycles. The average molecular weight is 460 g/mol. The van der Waals surface area contributed by atoms with E-state index in [1.807, 2.05) is 10.1 Å². The summed E-state index contributed by atoms with van der Waals surface area (Å²) >= 11 is 1.43. The minimum absolute atomic E-state index is 0.0814. The zero-order valence-corrected chi connectivity index (χ0v) is 17.5. The summed E-state index contributed by atoms with van der Waals surface area (Å²) in [6.45, 7) is 1.74. The number of nitrogens with one attached hydrogen (secondary N) is 1. The van der Waals surface area contributed by atoms with Crippen LogP contribution in [0.5, 0.6) is 0 Å². The van der Waals surface area contributed by atoms with Crippen LogP contribution in [-0.2, 0) is 38.0 Å². The van der Waals surface area contributed by atoms with Gasteiger partial charge in [0.1, 0.15) is 5.54 Å². The second-order valence-corrected chi connectivity index (χ2v) is 9.73. The number of benzene rings is 1. The number of hydrogen-bond acceptors (Lipinski definition) is 5. The molecule has 0 aliphatic carbocycles. The molecular weight excluding hydrogens is 441 g/mol. The van der Waals surface area contributed by atoms with Crippen LogP contribution in [0.3, 0.4) is 0 Å². The molecule has 11 heteroatoms. The molecule has 1 fully saturated rings. The normalized spacial score (nSPS) is 19.3. The summed E-state index contributed by atoms with van der Waals surface area (Å²) in [6, 6.07) is 6.06. The molecule has 0 radical (unpaired) electrons. The highest BCUT2D eigenvalue weighted by Crippen LogP contribution is 2.34. The van der Waals surface area contributed by atoms with Crippen molar-refractivity contribution in [3.63, 3.8) is 0 Å². The molecule has 0 saturated carbocycles. The highest BCUT2D eigenvalue weighted by atomic mass is 32.2. The van der Waals surface area contributed by atoms with Gasteiger partial charge in [0.05, 0.1) is 17.7 Å². The van der Waals surface area contributed by atoms with Crippen LogP contribution in [0.15, 0.2) is 41.1 Å². The molecule has 0 bridgehead atoms. The molecule has 30 heavy (non-hydrogen) atoms. The molecule has 1 aromatic heterocycles. The Kier molecular flexibility index (Phi) is 5.96. The van der Waals surface area contributed by atoms with Crippen molar-refractivity contribution in [2.45, 2.75) is 37.2 Å². The lowest BCUT2D eigenvalue weighted by Crippen LogP contribution is -2.68. The fourth-order valence-electron chi connectivity index (χ4n) is 3.27. The number of carbonyl (C=O) groups is 2. The van der Waals surface area contributed by atoms with Crippen LogP contribution in [0.4, 0.5) is 13.2 Å². The number of thiophene rings is 1. The fourth-order valence-corrected chi connectivity index (χ4v) is 5.18. The molecule has 1 saturated heterocycles. The number of alkyl halides is 3. The van der Waals surface area contributed by atoms with E-state index in [0.29, 0.717) is 6.54 Å². The van der Waals surface area contributed by atoms with Crippen molar-refractivity contribution >= 4 is 33.2 Å². The van der Waals surface area contributed by atoms with Gasteiger partial charge in [-0.15, -0.1) is 0 Å². The molecule has 1 atom stereocenters. The minimum Gasteiger partial charge on any atom is -0.328 e. The van der Waals surface area contributed by atoms with Gasteiger partial charge in [0.25, 0.3) is 5.91 Å².